The highest BCUT2D eigenvalue weighted by molar-refractivity contribution is 9.10. The van der Waals surface area contributed by atoms with E-state index >= 15 is 0 Å². The number of carbonyl (C=O) groups is 1. The Morgan fingerprint density at radius 3 is 2.55 bits per heavy atom. The summed E-state index contributed by atoms with van der Waals surface area (Å²) in [6.07, 6.45) is 0.961. The Bertz CT molecular complexity index is 649. The fourth-order valence-electron chi connectivity index (χ4n) is 2.22. The van der Waals surface area contributed by atoms with Crippen LogP contribution in [0.2, 0.25) is 0 Å². The van der Waals surface area contributed by atoms with Crippen LogP contribution in [0.3, 0.4) is 0 Å². The van der Waals surface area contributed by atoms with Gasteiger partial charge in [-0.2, -0.15) is 0 Å². The van der Waals surface area contributed by atoms with Gasteiger partial charge < -0.3 is 0 Å². The number of rotatable bonds is 4. The summed E-state index contributed by atoms with van der Waals surface area (Å²) in [6, 6.07) is 10.7. The molecule has 0 atom stereocenters. The van der Waals surface area contributed by atoms with E-state index in [0.29, 0.717) is 17.3 Å². The minimum absolute atomic E-state index is 0.157. The van der Waals surface area contributed by atoms with E-state index in [1.54, 1.807) is 6.07 Å². The summed E-state index contributed by atoms with van der Waals surface area (Å²) >= 11 is 3.19. The smallest absolute Gasteiger partial charge is 0.166 e. The number of benzene rings is 2. The predicted octanol–water partition coefficient (Wildman–Crippen LogP) is 5.02. The van der Waals surface area contributed by atoms with Crippen molar-refractivity contribution in [1.82, 2.24) is 0 Å². The highest BCUT2D eigenvalue weighted by Crippen LogP contribution is 2.18. The third kappa shape index (κ3) is 3.54. The molecule has 104 valence electrons. The molecule has 3 heteroatoms. The molecule has 0 aliphatic carbocycles. The number of hydrogen-bond acceptors (Lipinski definition) is 1. The molecule has 0 aromatic heterocycles. The van der Waals surface area contributed by atoms with E-state index in [0.717, 1.165) is 5.56 Å². The highest BCUT2D eigenvalue weighted by atomic mass is 79.9. The summed E-state index contributed by atoms with van der Waals surface area (Å²) in [7, 11) is 0. The van der Waals surface area contributed by atoms with Crippen LogP contribution in [-0.2, 0) is 6.42 Å². The fraction of sp³-hybridized carbons (Fsp3) is 0.235. The van der Waals surface area contributed by atoms with Gasteiger partial charge in [-0.3, -0.25) is 4.79 Å². The Hall–Kier alpha value is -1.48. The van der Waals surface area contributed by atoms with Crippen molar-refractivity contribution in [3.05, 3.63) is 68.9 Å². The Balaban J connectivity index is 2.08. The first-order valence-corrected chi connectivity index (χ1v) is 7.31. The molecule has 1 nitrogen and oxygen atoms in total. The fourth-order valence-corrected chi connectivity index (χ4v) is 2.56. The van der Waals surface area contributed by atoms with Gasteiger partial charge in [0.15, 0.2) is 5.78 Å². The quantitative estimate of drug-likeness (QED) is 0.717. The largest absolute Gasteiger partial charge is 0.294 e. The van der Waals surface area contributed by atoms with Crippen molar-refractivity contribution in [2.24, 2.45) is 0 Å². The summed E-state index contributed by atoms with van der Waals surface area (Å²) in [6.45, 7) is 4.08. The number of aryl methyl sites for hydroxylation is 3. The van der Waals surface area contributed by atoms with Gasteiger partial charge in [0, 0.05) is 10.9 Å². The van der Waals surface area contributed by atoms with Crippen molar-refractivity contribution in [3.8, 4) is 0 Å². The molecule has 0 amide bonds. The van der Waals surface area contributed by atoms with Crippen LogP contribution in [-0.4, -0.2) is 5.78 Å². The van der Waals surface area contributed by atoms with Crippen molar-refractivity contribution in [3.63, 3.8) is 0 Å². The first kappa shape index (κ1) is 14.9. The van der Waals surface area contributed by atoms with Crippen molar-refractivity contribution >= 4 is 21.7 Å². The molecule has 0 N–H and O–H groups in total. The number of ketones is 1. The number of carbonyl (C=O) groups excluding carboxylic acids is 1. The molecule has 0 saturated heterocycles. The average molecular weight is 335 g/mol. The van der Waals surface area contributed by atoms with E-state index in [1.165, 1.54) is 23.3 Å². The number of Topliss-reactive ketones (excluding diaryl/α,β-unsaturated/α-hetero) is 1. The Kier molecular flexibility index (Phi) is 4.71. The Morgan fingerprint density at radius 2 is 1.90 bits per heavy atom. The predicted molar refractivity (Wildman–Crippen MR) is 82.7 cm³/mol. The van der Waals surface area contributed by atoms with E-state index in [4.69, 9.17) is 0 Å². The second-order valence-electron chi connectivity index (χ2n) is 4.98. The van der Waals surface area contributed by atoms with Gasteiger partial charge in [0.2, 0.25) is 0 Å². The zero-order valence-corrected chi connectivity index (χ0v) is 13.1. The number of hydrogen-bond donors (Lipinski definition) is 0. The molecular weight excluding hydrogens is 319 g/mol. The van der Waals surface area contributed by atoms with Crippen molar-refractivity contribution in [1.29, 1.82) is 0 Å². The first-order chi connectivity index (χ1) is 9.47. The van der Waals surface area contributed by atoms with E-state index < -0.39 is 5.82 Å². The molecule has 0 saturated carbocycles. The van der Waals surface area contributed by atoms with Gasteiger partial charge in [-0.25, -0.2) is 4.39 Å². The van der Waals surface area contributed by atoms with Gasteiger partial charge in [-0.05, 0) is 49.6 Å². The van der Waals surface area contributed by atoms with Crippen LogP contribution in [0.1, 0.15) is 33.5 Å². The summed E-state index contributed by atoms with van der Waals surface area (Å²) in [5, 5.41) is 0. The zero-order valence-electron chi connectivity index (χ0n) is 11.5. The number of halogens is 2. The summed E-state index contributed by atoms with van der Waals surface area (Å²) in [4.78, 5) is 12.1. The van der Waals surface area contributed by atoms with E-state index in [9.17, 15) is 9.18 Å². The van der Waals surface area contributed by atoms with Crippen LogP contribution in [0, 0.1) is 19.7 Å². The van der Waals surface area contributed by atoms with Crippen molar-refractivity contribution < 1.29 is 9.18 Å². The maximum absolute atomic E-state index is 13.7. The molecule has 20 heavy (non-hydrogen) atoms. The van der Waals surface area contributed by atoms with Gasteiger partial charge in [-0.15, -0.1) is 0 Å². The van der Waals surface area contributed by atoms with Crippen LogP contribution < -0.4 is 0 Å². The monoisotopic (exact) mass is 334 g/mol. The van der Waals surface area contributed by atoms with Crippen LogP contribution in [0.25, 0.3) is 0 Å². The molecule has 0 radical (unpaired) electrons. The molecular formula is C17H16BrFO. The van der Waals surface area contributed by atoms with E-state index in [1.807, 2.05) is 26.0 Å². The Morgan fingerprint density at radius 1 is 1.15 bits per heavy atom. The maximum Gasteiger partial charge on any atom is 0.166 e. The summed E-state index contributed by atoms with van der Waals surface area (Å²) in [5.74, 6) is -0.625. The van der Waals surface area contributed by atoms with Crippen molar-refractivity contribution in [2.75, 3.05) is 0 Å². The van der Waals surface area contributed by atoms with E-state index in [2.05, 4.69) is 22.0 Å². The zero-order chi connectivity index (χ0) is 14.7. The van der Waals surface area contributed by atoms with Gasteiger partial charge in [-0.1, -0.05) is 39.7 Å². The molecule has 0 bridgehead atoms. The lowest BCUT2D eigenvalue weighted by molar-refractivity contribution is 0.0979. The van der Waals surface area contributed by atoms with Gasteiger partial charge in [0.25, 0.3) is 0 Å². The third-order valence-electron chi connectivity index (χ3n) is 3.35. The second-order valence-corrected chi connectivity index (χ2v) is 5.89. The highest BCUT2D eigenvalue weighted by Gasteiger charge is 2.12. The molecule has 0 spiro atoms. The normalized spacial score (nSPS) is 10.6. The first-order valence-electron chi connectivity index (χ1n) is 6.52. The molecule has 0 fully saturated rings. The lowest BCUT2D eigenvalue weighted by Gasteiger charge is -2.07. The molecule has 0 aliphatic rings. The standard InChI is InChI=1S/C17H16BrFO/c1-11-3-4-13(12(2)9-11)5-8-17(20)15-7-6-14(18)10-16(15)19/h3-4,6-7,9-10H,5,8H2,1-2H3. The summed E-state index contributed by atoms with van der Waals surface area (Å²) in [5.41, 5.74) is 3.69. The second kappa shape index (κ2) is 6.31. The lowest BCUT2D eigenvalue weighted by Crippen LogP contribution is -2.04. The lowest BCUT2D eigenvalue weighted by atomic mass is 9.98. The molecule has 2 aromatic carbocycles. The van der Waals surface area contributed by atoms with Gasteiger partial charge >= 0.3 is 0 Å². The van der Waals surface area contributed by atoms with Crippen molar-refractivity contribution in [2.45, 2.75) is 26.7 Å². The topological polar surface area (TPSA) is 17.1 Å². The third-order valence-corrected chi connectivity index (χ3v) is 3.84. The molecule has 0 unspecified atom stereocenters. The minimum Gasteiger partial charge on any atom is -0.294 e. The SMILES string of the molecule is Cc1ccc(CCC(=O)c2ccc(Br)cc2F)c(C)c1. The molecule has 2 rings (SSSR count). The van der Waals surface area contributed by atoms with Gasteiger partial charge in [0.05, 0.1) is 5.56 Å². The average Bonchev–Trinajstić information content (AvgIpc) is 2.37. The van der Waals surface area contributed by atoms with E-state index in [-0.39, 0.29) is 11.3 Å². The van der Waals surface area contributed by atoms with Crippen LogP contribution in [0.15, 0.2) is 40.9 Å². The maximum atomic E-state index is 13.7. The van der Waals surface area contributed by atoms with Crippen LogP contribution in [0.4, 0.5) is 4.39 Å². The molecule has 2 aromatic rings. The summed E-state index contributed by atoms with van der Waals surface area (Å²) < 4.78 is 14.3. The van der Waals surface area contributed by atoms with Crippen LogP contribution >= 0.6 is 15.9 Å². The molecule has 0 heterocycles. The molecule has 0 aliphatic heterocycles. The van der Waals surface area contributed by atoms with Crippen LogP contribution in [0.5, 0.6) is 0 Å². The minimum atomic E-state index is -0.468. The Labute approximate surface area is 127 Å². The van der Waals surface area contributed by atoms with Gasteiger partial charge in [0.1, 0.15) is 5.82 Å².